The minimum Gasteiger partial charge on any atom is -0.505 e. The molecule has 2 N–H and O–H groups in total. The van der Waals surface area contributed by atoms with E-state index in [1.165, 1.54) is 0 Å². The molecule has 3 aromatic rings. The van der Waals surface area contributed by atoms with Crippen molar-refractivity contribution in [2.75, 3.05) is 5.32 Å². The van der Waals surface area contributed by atoms with Crippen LogP contribution in [-0.4, -0.2) is 16.0 Å². The summed E-state index contributed by atoms with van der Waals surface area (Å²) in [6.07, 6.45) is 4.96. The Hall–Kier alpha value is -3.40. The third-order valence-electron chi connectivity index (χ3n) is 3.77. The van der Waals surface area contributed by atoms with Gasteiger partial charge in [-0.2, -0.15) is 0 Å². The summed E-state index contributed by atoms with van der Waals surface area (Å²) in [5.74, 6) is -0.539. The molecule has 0 atom stereocenters. The van der Waals surface area contributed by atoms with E-state index in [2.05, 4.69) is 23.5 Å². The molecule has 2 aromatic carbocycles. The zero-order valence-corrected chi connectivity index (χ0v) is 13.0. The summed E-state index contributed by atoms with van der Waals surface area (Å²) in [5, 5.41) is 13.9. The number of nitrogens with zero attached hydrogens (tertiary/aromatic N) is 1. The SMILES string of the molecule is C=Cc1ccc(NC(=O)c2ccc3cccnc3c2O)c(C=C)c1. The van der Waals surface area contributed by atoms with Gasteiger partial charge in [-0.25, -0.2) is 0 Å². The van der Waals surface area contributed by atoms with E-state index in [4.69, 9.17) is 0 Å². The summed E-state index contributed by atoms with van der Waals surface area (Å²) in [6.45, 7) is 7.48. The van der Waals surface area contributed by atoms with Crippen LogP contribution in [0.3, 0.4) is 0 Å². The molecular formula is C20H16N2O2. The third-order valence-corrected chi connectivity index (χ3v) is 3.77. The van der Waals surface area contributed by atoms with Gasteiger partial charge in [0.2, 0.25) is 0 Å². The smallest absolute Gasteiger partial charge is 0.259 e. The quantitative estimate of drug-likeness (QED) is 0.746. The molecule has 4 heteroatoms. The number of hydrogen-bond acceptors (Lipinski definition) is 3. The molecule has 0 saturated carbocycles. The lowest BCUT2D eigenvalue weighted by atomic mass is 10.1. The number of aromatic nitrogens is 1. The number of pyridine rings is 1. The normalized spacial score (nSPS) is 10.3. The Labute approximate surface area is 139 Å². The Kier molecular flexibility index (Phi) is 4.12. The van der Waals surface area contributed by atoms with Crippen molar-refractivity contribution in [1.29, 1.82) is 0 Å². The highest BCUT2D eigenvalue weighted by Crippen LogP contribution is 2.28. The summed E-state index contributed by atoms with van der Waals surface area (Å²) in [7, 11) is 0. The van der Waals surface area contributed by atoms with E-state index in [9.17, 15) is 9.90 Å². The molecule has 24 heavy (non-hydrogen) atoms. The summed E-state index contributed by atoms with van der Waals surface area (Å²) < 4.78 is 0. The maximum Gasteiger partial charge on any atom is 0.259 e. The van der Waals surface area contributed by atoms with Crippen LogP contribution < -0.4 is 5.32 Å². The van der Waals surface area contributed by atoms with E-state index in [-0.39, 0.29) is 11.3 Å². The van der Waals surface area contributed by atoms with E-state index in [1.807, 2.05) is 18.2 Å². The molecule has 0 saturated heterocycles. The van der Waals surface area contributed by atoms with Crippen molar-refractivity contribution < 1.29 is 9.90 Å². The molecule has 0 unspecified atom stereocenters. The first kappa shape index (κ1) is 15.5. The molecular weight excluding hydrogens is 300 g/mol. The number of amides is 1. The zero-order chi connectivity index (χ0) is 17.1. The lowest BCUT2D eigenvalue weighted by Gasteiger charge is -2.11. The monoisotopic (exact) mass is 316 g/mol. The predicted octanol–water partition coefficient (Wildman–Crippen LogP) is 4.48. The molecule has 0 aliphatic heterocycles. The van der Waals surface area contributed by atoms with Crippen molar-refractivity contribution in [1.82, 2.24) is 4.98 Å². The number of rotatable bonds is 4. The van der Waals surface area contributed by atoms with Gasteiger partial charge in [0.15, 0.2) is 5.75 Å². The molecule has 118 valence electrons. The lowest BCUT2D eigenvalue weighted by molar-refractivity contribution is 0.102. The molecule has 0 aliphatic rings. The number of phenols is 1. The van der Waals surface area contributed by atoms with Gasteiger partial charge >= 0.3 is 0 Å². The van der Waals surface area contributed by atoms with E-state index < -0.39 is 5.91 Å². The minimum absolute atomic E-state index is 0.131. The van der Waals surface area contributed by atoms with Crippen molar-refractivity contribution >= 4 is 34.6 Å². The second kappa shape index (κ2) is 6.38. The van der Waals surface area contributed by atoms with Gasteiger partial charge in [-0.15, -0.1) is 0 Å². The fourth-order valence-electron chi connectivity index (χ4n) is 2.49. The molecule has 0 radical (unpaired) electrons. The molecule has 0 aliphatic carbocycles. The third kappa shape index (κ3) is 2.77. The predicted molar refractivity (Wildman–Crippen MR) is 98.0 cm³/mol. The van der Waals surface area contributed by atoms with Crippen LogP contribution in [0.2, 0.25) is 0 Å². The average molecular weight is 316 g/mol. The average Bonchev–Trinajstić information content (AvgIpc) is 2.62. The Morgan fingerprint density at radius 1 is 1.12 bits per heavy atom. The zero-order valence-electron chi connectivity index (χ0n) is 13.0. The number of phenolic OH excluding ortho intramolecular Hbond substituents is 1. The fraction of sp³-hybridized carbons (Fsp3) is 0. The topological polar surface area (TPSA) is 62.2 Å². The number of carbonyl (C=O) groups is 1. The van der Waals surface area contributed by atoms with Gasteiger partial charge in [-0.1, -0.05) is 43.5 Å². The number of aromatic hydroxyl groups is 1. The summed E-state index contributed by atoms with van der Waals surface area (Å²) in [6, 6.07) is 12.4. The van der Waals surface area contributed by atoms with Crippen molar-refractivity contribution in [2.45, 2.75) is 0 Å². The van der Waals surface area contributed by atoms with Crippen molar-refractivity contribution in [3.05, 3.63) is 78.5 Å². The first-order valence-electron chi connectivity index (χ1n) is 7.41. The van der Waals surface area contributed by atoms with Crippen LogP contribution in [0.25, 0.3) is 23.1 Å². The molecule has 0 bridgehead atoms. The summed E-state index contributed by atoms with van der Waals surface area (Å²) >= 11 is 0. The van der Waals surface area contributed by atoms with Gasteiger partial charge in [0, 0.05) is 17.3 Å². The Bertz CT molecular complexity index is 961. The van der Waals surface area contributed by atoms with E-state index in [1.54, 1.807) is 42.6 Å². The van der Waals surface area contributed by atoms with Crippen LogP contribution in [0.5, 0.6) is 5.75 Å². The highest BCUT2D eigenvalue weighted by molar-refractivity contribution is 6.09. The van der Waals surface area contributed by atoms with Crippen molar-refractivity contribution in [3.63, 3.8) is 0 Å². The van der Waals surface area contributed by atoms with Crippen molar-refractivity contribution in [2.24, 2.45) is 0 Å². The maximum absolute atomic E-state index is 12.5. The molecule has 1 amide bonds. The van der Waals surface area contributed by atoms with E-state index in [0.29, 0.717) is 11.2 Å². The Balaban J connectivity index is 1.97. The molecule has 4 nitrogen and oxygen atoms in total. The van der Waals surface area contributed by atoms with Crippen LogP contribution in [-0.2, 0) is 0 Å². The highest BCUT2D eigenvalue weighted by Gasteiger charge is 2.15. The van der Waals surface area contributed by atoms with Gasteiger partial charge in [0.1, 0.15) is 5.52 Å². The largest absolute Gasteiger partial charge is 0.505 e. The Morgan fingerprint density at radius 2 is 1.96 bits per heavy atom. The Morgan fingerprint density at radius 3 is 2.71 bits per heavy atom. The first-order chi connectivity index (χ1) is 11.6. The van der Waals surface area contributed by atoms with Crippen molar-refractivity contribution in [3.8, 4) is 5.75 Å². The van der Waals surface area contributed by atoms with Gasteiger partial charge < -0.3 is 10.4 Å². The molecule has 1 aromatic heterocycles. The minimum atomic E-state index is -0.408. The van der Waals surface area contributed by atoms with Crippen LogP contribution in [0.4, 0.5) is 5.69 Å². The number of benzene rings is 2. The first-order valence-corrected chi connectivity index (χ1v) is 7.41. The lowest BCUT2D eigenvalue weighted by Crippen LogP contribution is -2.13. The number of nitrogens with one attached hydrogen (secondary N) is 1. The van der Waals surface area contributed by atoms with Gasteiger partial charge in [-0.3, -0.25) is 9.78 Å². The standard InChI is InChI=1S/C20H16N2O2/c1-3-13-7-10-17(14(4-2)12-13)22-20(24)16-9-8-15-6-5-11-21-18(15)19(16)23/h3-12,23H,1-2H2,(H,22,24). The molecule has 3 rings (SSSR count). The maximum atomic E-state index is 12.5. The van der Waals surface area contributed by atoms with Gasteiger partial charge in [0.05, 0.1) is 5.56 Å². The molecule has 0 fully saturated rings. The molecule has 1 heterocycles. The van der Waals surface area contributed by atoms with Gasteiger partial charge in [-0.05, 0) is 35.4 Å². The number of anilines is 1. The van der Waals surface area contributed by atoms with E-state index in [0.717, 1.165) is 16.5 Å². The highest BCUT2D eigenvalue weighted by atomic mass is 16.3. The van der Waals surface area contributed by atoms with Crippen LogP contribution in [0.1, 0.15) is 21.5 Å². The number of hydrogen-bond donors (Lipinski definition) is 2. The van der Waals surface area contributed by atoms with Crippen LogP contribution in [0.15, 0.2) is 61.8 Å². The van der Waals surface area contributed by atoms with E-state index >= 15 is 0 Å². The summed E-state index contributed by atoms with van der Waals surface area (Å²) in [4.78, 5) is 16.7. The number of fused-ring (bicyclic) bond motifs is 1. The summed E-state index contributed by atoms with van der Waals surface area (Å²) in [5.41, 5.74) is 2.89. The van der Waals surface area contributed by atoms with Crippen LogP contribution >= 0.6 is 0 Å². The second-order valence-electron chi connectivity index (χ2n) is 5.25. The van der Waals surface area contributed by atoms with Crippen LogP contribution in [0, 0.1) is 0 Å². The number of carbonyl (C=O) groups excluding carboxylic acids is 1. The second-order valence-corrected chi connectivity index (χ2v) is 5.25. The molecule has 0 spiro atoms. The van der Waals surface area contributed by atoms with Gasteiger partial charge in [0.25, 0.3) is 5.91 Å². The fourth-order valence-corrected chi connectivity index (χ4v) is 2.49.